The molecule has 0 aliphatic heterocycles. The van der Waals surface area contributed by atoms with Gasteiger partial charge < -0.3 is 4.70 Å². The van der Waals surface area contributed by atoms with Crippen molar-refractivity contribution in [2.75, 3.05) is 0 Å². The van der Waals surface area contributed by atoms with E-state index < -0.39 is 0 Å². The Bertz CT molecular complexity index is 66.5. The first kappa shape index (κ1) is 17.4. The van der Waals surface area contributed by atoms with Crippen molar-refractivity contribution in [3.05, 3.63) is 0 Å². The fraction of sp³-hybridized carbons (Fsp3) is 0. The molecule has 0 saturated heterocycles. The van der Waals surface area contributed by atoms with Gasteiger partial charge in [0.1, 0.15) is 0 Å². The van der Waals surface area contributed by atoms with Gasteiger partial charge in [-0.25, -0.2) is 0 Å². The molecule has 0 unspecified atom stereocenters. The first-order valence-corrected chi connectivity index (χ1v) is 0.697. The Morgan fingerprint density at radius 3 is 1.17 bits per heavy atom. The van der Waals surface area contributed by atoms with Crippen LogP contribution in [-0.2, 0) is 22.4 Å². The minimum Gasteiger partial charge on any atom is -1.00 e. The topological polar surface area (TPSA) is 47.6 Å². The summed E-state index contributed by atoms with van der Waals surface area (Å²) in [7, 11) is 0. The molecular weight excluding hydrogens is 179 g/mol. The van der Waals surface area contributed by atoms with Crippen LogP contribution in [-0.4, -0.2) is 0 Å². The maximum atomic E-state index is 7.26. The van der Waals surface area contributed by atoms with Crippen LogP contribution >= 0.6 is 0 Å². The molecular formula is C2AgFN2. The molecule has 0 aromatic rings. The zero-order chi connectivity index (χ0) is 3.41. The summed E-state index contributed by atoms with van der Waals surface area (Å²) in [5.41, 5.74) is 0. The number of nitriles is 2. The molecule has 0 aliphatic carbocycles. The monoisotopic (exact) mass is 178 g/mol. The van der Waals surface area contributed by atoms with E-state index in [9.17, 15) is 0 Å². The van der Waals surface area contributed by atoms with Crippen molar-refractivity contribution in [1.82, 2.24) is 0 Å². The maximum Gasteiger partial charge on any atom is 1.00 e. The van der Waals surface area contributed by atoms with Crippen LogP contribution in [0.1, 0.15) is 0 Å². The Morgan fingerprint density at radius 2 is 1.17 bits per heavy atom. The second-order valence-electron chi connectivity index (χ2n) is 0.224. The molecule has 0 aromatic heterocycles. The molecule has 0 aliphatic rings. The third-order valence-electron chi connectivity index (χ3n) is 0.0500. The van der Waals surface area contributed by atoms with Crippen LogP contribution < -0.4 is 4.70 Å². The van der Waals surface area contributed by atoms with Gasteiger partial charge in [-0.2, -0.15) is 10.5 Å². The standard InChI is InChI=1S/C2N2.Ag.FH/c3-1-2-4;;/h;;1H/q;+1;/p-1. The van der Waals surface area contributed by atoms with Gasteiger partial charge >= 0.3 is 22.4 Å². The van der Waals surface area contributed by atoms with Crippen LogP contribution in [0.3, 0.4) is 0 Å². The van der Waals surface area contributed by atoms with E-state index in [1.807, 2.05) is 0 Å². The SMILES string of the molecule is N#CC#N.[Ag+].[F-]. The van der Waals surface area contributed by atoms with Crippen molar-refractivity contribution in [3.63, 3.8) is 0 Å². The van der Waals surface area contributed by atoms with Crippen LogP contribution in [0.2, 0.25) is 0 Å². The largest absolute Gasteiger partial charge is 1.00 e. The van der Waals surface area contributed by atoms with Gasteiger partial charge in [-0.3, -0.25) is 0 Å². The quantitative estimate of drug-likeness (QED) is 0.373. The van der Waals surface area contributed by atoms with Crippen molar-refractivity contribution in [2.24, 2.45) is 0 Å². The molecule has 0 amide bonds. The summed E-state index contributed by atoms with van der Waals surface area (Å²) in [4.78, 5) is 0. The smallest absolute Gasteiger partial charge is 1.00 e. The molecule has 36 valence electrons. The van der Waals surface area contributed by atoms with Gasteiger partial charge in [-0.1, -0.05) is 0 Å². The fourth-order valence-corrected chi connectivity index (χ4v) is 0. The van der Waals surface area contributed by atoms with E-state index in [1.165, 1.54) is 12.1 Å². The Labute approximate surface area is 50.3 Å². The molecule has 0 aromatic carbocycles. The molecule has 0 saturated carbocycles. The summed E-state index contributed by atoms with van der Waals surface area (Å²) >= 11 is 0. The van der Waals surface area contributed by atoms with Gasteiger partial charge in [0.05, 0.1) is 0 Å². The van der Waals surface area contributed by atoms with Crippen molar-refractivity contribution < 1.29 is 27.1 Å². The minimum atomic E-state index is 0. The van der Waals surface area contributed by atoms with Gasteiger partial charge in [0.2, 0.25) is 0 Å². The van der Waals surface area contributed by atoms with Gasteiger partial charge in [-0.15, -0.1) is 0 Å². The predicted octanol–water partition coefficient (Wildman–Crippen LogP) is -2.96. The van der Waals surface area contributed by atoms with Crippen LogP contribution in [0.15, 0.2) is 0 Å². The molecule has 0 rings (SSSR count). The first-order valence-electron chi connectivity index (χ1n) is 0.697. The molecule has 0 spiro atoms. The first-order chi connectivity index (χ1) is 1.91. The van der Waals surface area contributed by atoms with E-state index in [4.69, 9.17) is 10.5 Å². The number of rotatable bonds is 0. The third-order valence-corrected chi connectivity index (χ3v) is 0.0500. The van der Waals surface area contributed by atoms with Crippen LogP contribution in [0.4, 0.5) is 0 Å². The van der Waals surface area contributed by atoms with E-state index in [1.54, 1.807) is 0 Å². The van der Waals surface area contributed by atoms with Crippen molar-refractivity contribution in [1.29, 1.82) is 10.5 Å². The Balaban J connectivity index is -0.0000000450. The van der Waals surface area contributed by atoms with Gasteiger partial charge in [-0.05, 0) is 0 Å². The second kappa shape index (κ2) is 22.8. The molecule has 0 N–H and O–H groups in total. The normalized spacial score (nSPS) is 1.67. The van der Waals surface area contributed by atoms with Crippen LogP contribution in [0.5, 0.6) is 0 Å². The van der Waals surface area contributed by atoms with E-state index in [2.05, 4.69) is 0 Å². The third kappa shape index (κ3) is 60.6. The summed E-state index contributed by atoms with van der Waals surface area (Å²) < 4.78 is 0. The summed E-state index contributed by atoms with van der Waals surface area (Å²) in [6, 6.07) is 2.47. The van der Waals surface area contributed by atoms with Crippen molar-refractivity contribution in [2.45, 2.75) is 0 Å². The Morgan fingerprint density at radius 1 is 1.00 bits per heavy atom. The van der Waals surface area contributed by atoms with Gasteiger partial charge in [0.15, 0.2) is 12.1 Å². The molecule has 0 bridgehead atoms. The molecule has 0 fully saturated rings. The molecule has 2 nitrogen and oxygen atoms in total. The second-order valence-corrected chi connectivity index (χ2v) is 0.224. The molecule has 0 atom stereocenters. The van der Waals surface area contributed by atoms with E-state index in [-0.39, 0.29) is 27.1 Å². The Hall–Kier alpha value is -0.350. The van der Waals surface area contributed by atoms with E-state index in [0.29, 0.717) is 0 Å². The Kier molecular flexibility index (Phi) is 66.0. The fourth-order valence-electron chi connectivity index (χ4n) is 0. The molecule has 0 heterocycles. The van der Waals surface area contributed by atoms with Crippen molar-refractivity contribution >= 4 is 0 Å². The van der Waals surface area contributed by atoms with Crippen LogP contribution in [0, 0.1) is 22.7 Å². The maximum absolute atomic E-state index is 7.26. The zero-order valence-electron chi connectivity index (χ0n) is 2.57. The summed E-state index contributed by atoms with van der Waals surface area (Å²) in [5.74, 6) is 0. The minimum absolute atomic E-state index is 0. The number of halogens is 1. The van der Waals surface area contributed by atoms with Crippen LogP contribution in [0.25, 0.3) is 0 Å². The average Bonchev–Trinajstić information content (AvgIpc) is 1.37. The number of hydrogen-bond donors (Lipinski definition) is 0. The van der Waals surface area contributed by atoms with E-state index in [0.717, 1.165) is 0 Å². The van der Waals surface area contributed by atoms with Gasteiger partial charge in [0, 0.05) is 0 Å². The van der Waals surface area contributed by atoms with Gasteiger partial charge in [0.25, 0.3) is 0 Å². The number of nitrogens with zero attached hydrogens (tertiary/aromatic N) is 2. The zero-order valence-corrected chi connectivity index (χ0v) is 4.06. The molecule has 4 heteroatoms. The summed E-state index contributed by atoms with van der Waals surface area (Å²) in [5, 5.41) is 14.5. The van der Waals surface area contributed by atoms with Crippen molar-refractivity contribution in [3.8, 4) is 12.1 Å². The van der Waals surface area contributed by atoms with E-state index >= 15 is 0 Å². The number of hydrogen-bond acceptors (Lipinski definition) is 2. The average molecular weight is 179 g/mol. The summed E-state index contributed by atoms with van der Waals surface area (Å²) in [6.45, 7) is 0. The predicted molar refractivity (Wildman–Crippen MR) is 11.2 cm³/mol. The molecule has 0 radical (unpaired) electrons. The molecule has 6 heavy (non-hydrogen) atoms. The summed E-state index contributed by atoms with van der Waals surface area (Å²) in [6.07, 6.45) is 0.